The number of nitrogens with zero attached hydrogens (tertiary/aromatic N) is 2. The van der Waals surface area contributed by atoms with Crippen molar-refractivity contribution in [2.75, 3.05) is 13.7 Å². The molecule has 6 heteroatoms. The minimum absolute atomic E-state index is 0.0450. The molecule has 1 aromatic heterocycles. The number of hydrogen-bond acceptors (Lipinski definition) is 4. The molecular weight excluding hydrogens is 402 g/mol. The van der Waals surface area contributed by atoms with Gasteiger partial charge in [0.05, 0.1) is 31.0 Å². The maximum Gasteiger partial charge on any atom is 0.244 e. The number of fused-ring (bicyclic) bond motifs is 1. The van der Waals surface area contributed by atoms with E-state index in [2.05, 4.69) is 27.9 Å². The van der Waals surface area contributed by atoms with E-state index in [4.69, 9.17) is 9.47 Å². The second-order valence-corrected chi connectivity index (χ2v) is 8.48. The number of carbonyl (C=O) groups excluding carboxylic acids is 1. The van der Waals surface area contributed by atoms with Crippen molar-refractivity contribution in [2.45, 2.75) is 45.2 Å². The molecule has 32 heavy (non-hydrogen) atoms. The van der Waals surface area contributed by atoms with E-state index in [1.165, 1.54) is 12.8 Å². The lowest BCUT2D eigenvalue weighted by atomic mass is 9.87. The molecule has 3 aromatic rings. The minimum atomic E-state index is -0.0450. The Labute approximate surface area is 189 Å². The molecule has 168 valence electrons. The lowest BCUT2D eigenvalue weighted by molar-refractivity contribution is -0.117. The van der Waals surface area contributed by atoms with E-state index in [0.29, 0.717) is 30.7 Å². The van der Waals surface area contributed by atoms with E-state index in [-0.39, 0.29) is 5.91 Å². The Morgan fingerprint density at radius 2 is 1.97 bits per heavy atom. The Kier molecular flexibility index (Phi) is 7.10. The molecule has 0 radical (unpaired) electrons. The van der Waals surface area contributed by atoms with Crippen LogP contribution in [0.2, 0.25) is 0 Å². The van der Waals surface area contributed by atoms with Gasteiger partial charge in [-0.3, -0.25) is 4.79 Å². The van der Waals surface area contributed by atoms with Gasteiger partial charge in [0.25, 0.3) is 0 Å². The molecule has 0 aliphatic heterocycles. The van der Waals surface area contributed by atoms with Crippen LogP contribution in [0.15, 0.2) is 54.9 Å². The number of nitrogens with one attached hydrogen (secondary N) is 1. The third-order valence-electron chi connectivity index (χ3n) is 6.09. The fraction of sp³-hybridized carbons (Fsp3) is 0.385. The second-order valence-electron chi connectivity index (χ2n) is 8.48. The summed E-state index contributed by atoms with van der Waals surface area (Å²) in [5.74, 6) is 2.04. The van der Waals surface area contributed by atoms with Crippen molar-refractivity contribution in [2.24, 2.45) is 5.92 Å². The van der Waals surface area contributed by atoms with Crippen LogP contribution >= 0.6 is 0 Å². The summed E-state index contributed by atoms with van der Waals surface area (Å²) < 4.78 is 13.5. The SMILES string of the molecule is COc1cc(C=CC(=O)N[C@H]2CC[C@H](C)CC2)ccc1OCCn1cnc2ccccc21. The summed E-state index contributed by atoms with van der Waals surface area (Å²) in [5.41, 5.74) is 2.95. The number of methoxy groups -OCH3 is 1. The van der Waals surface area contributed by atoms with Crippen molar-refractivity contribution >= 4 is 23.0 Å². The predicted octanol–water partition coefficient (Wildman–Crippen LogP) is 4.83. The number of aromatic nitrogens is 2. The molecule has 0 saturated heterocycles. The molecule has 1 N–H and O–H groups in total. The normalized spacial score (nSPS) is 18.7. The molecule has 0 atom stereocenters. The van der Waals surface area contributed by atoms with Crippen molar-refractivity contribution in [3.05, 3.63) is 60.4 Å². The molecule has 1 heterocycles. The predicted molar refractivity (Wildman–Crippen MR) is 127 cm³/mol. The summed E-state index contributed by atoms with van der Waals surface area (Å²) in [6, 6.07) is 14.0. The highest BCUT2D eigenvalue weighted by atomic mass is 16.5. The second kappa shape index (κ2) is 10.4. The molecule has 6 nitrogen and oxygen atoms in total. The lowest BCUT2D eigenvalue weighted by Gasteiger charge is -2.26. The molecule has 0 spiro atoms. The first-order valence-corrected chi connectivity index (χ1v) is 11.3. The highest BCUT2D eigenvalue weighted by Crippen LogP contribution is 2.29. The van der Waals surface area contributed by atoms with E-state index in [1.54, 1.807) is 13.2 Å². The van der Waals surface area contributed by atoms with Crippen molar-refractivity contribution < 1.29 is 14.3 Å². The van der Waals surface area contributed by atoms with Gasteiger partial charge in [0.15, 0.2) is 11.5 Å². The van der Waals surface area contributed by atoms with Crippen LogP contribution in [0.4, 0.5) is 0 Å². The molecule has 2 aromatic carbocycles. The highest BCUT2D eigenvalue weighted by molar-refractivity contribution is 5.92. The zero-order valence-corrected chi connectivity index (χ0v) is 18.8. The summed E-state index contributed by atoms with van der Waals surface area (Å²) in [7, 11) is 1.62. The monoisotopic (exact) mass is 433 g/mol. The van der Waals surface area contributed by atoms with Gasteiger partial charge in [-0.15, -0.1) is 0 Å². The Morgan fingerprint density at radius 1 is 1.16 bits per heavy atom. The van der Waals surface area contributed by atoms with Crippen LogP contribution in [-0.2, 0) is 11.3 Å². The van der Waals surface area contributed by atoms with Gasteiger partial charge in [0, 0.05) is 12.1 Å². The first kappa shape index (κ1) is 21.9. The maximum absolute atomic E-state index is 12.3. The molecule has 0 unspecified atom stereocenters. The first-order chi connectivity index (χ1) is 15.6. The summed E-state index contributed by atoms with van der Waals surface area (Å²) >= 11 is 0. The Balaban J connectivity index is 1.32. The van der Waals surface area contributed by atoms with Crippen LogP contribution < -0.4 is 14.8 Å². The molecule has 1 aliphatic rings. The maximum atomic E-state index is 12.3. The summed E-state index contributed by atoms with van der Waals surface area (Å²) in [6.45, 7) is 3.46. The van der Waals surface area contributed by atoms with E-state index in [9.17, 15) is 4.79 Å². The van der Waals surface area contributed by atoms with Gasteiger partial charge in [-0.25, -0.2) is 4.98 Å². The van der Waals surface area contributed by atoms with Gasteiger partial charge in [-0.05, 0) is 67.5 Å². The minimum Gasteiger partial charge on any atom is -0.493 e. The smallest absolute Gasteiger partial charge is 0.244 e. The van der Waals surface area contributed by atoms with Crippen LogP contribution in [0.5, 0.6) is 11.5 Å². The number of benzene rings is 2. The van der Waals surface area contributed by atoms with Crippen LogP contribution in [0.3, 0.4) is 0 Å². The average Bonchev–Trinajstić information content (AvgIpc) is 3.23. The third kappa shape index (κ3) is 5.49. The van der Waals surface area contributed by atoms with Gasteiger partial charge < -0.3 is 19.4 Å². The van der Waals surface area contributed by atoms with Gasteiger partial charge in [0.1, 0.15) is 6.61 Å². The molecule has 1 aliphatic carbocycles. The number of ether oxygens (including phenoxy) is 2. The number of imidazole rings is 1. The van der Waals surface area contributed by atoms with Crippen molar-refractivity contribution in [1.29, 1.82) is 0 Å². The quantitative estimate of drug-likeness (QED) is 0.517. The molecule has 4 rings (SSSR count). The van der Waals surface area contributed by atoms with Crippen LogP contribution in [0.1, 0.15) is 38.2 Å². The highest BCUT2D eigenvalue weighted by Gasteiger charge is 2.18. The summed E-state index contributed by atoms with van der Waals surface area (Å²) in [4.78, 5) is 16.7. The number of para-hydroxylation sites is 2. The van der Waals surface area contributed by atoms with E-state index < -0.39 is 0 Å². The molecule has 1 amide bonds. The Bertz CT molecular complexity index is 1080. The van der Waals surface area contributed by atoms with Crippen molar-refractivity contribution in [1.82, 2.24) is 14.9 Å². The summed E-state index contributed by atoms with van der Waals surface area (Å²) in [5, 5.41) is 3.11. The Morgan fingerprint density at radius 3 is 2.78 bits per heavy atom. The zero-order valence-electron chi connectivity index (χ0n) is 18.8. The standard InChI is InChI=1S/C26H31N3O3/c1-19-7-11-21(12-8-19)28-26(30)14-10-20-9-13-24(25(17-20)31-2)32-16-15-29-18-27-22-5-3-4-6-23(22)29/h3-6,9-10,13-14,17-19,21H,7-8,11-12,15-16H2,1-2H3,(H,28,30)/t19-,21-. The fourth-order valence-electron chi connectivity index (χ4n) is 4.18. The van der Waals surface area contributed by atoms with Crippen molar-refractivity contribution in [3.8, 4) is 11.5 Å². The van der Waals surface area contributed by atoms with Crippen LogP contribution in [0, 0.1) is 5.92 Å². The van der Waals surface area contributed by atoms with Crippen LogP contribution in [0.25, 0.3) is 17.1 Å². The lowest BCUT2D eigenvalue weighted by Crippen LogP contribution is -2.36. The number of carbonyl (C=O) groups is 1. The fourth-order valence-corrected chi connectivity index (χ4v) is 4.18. The molecule has 0 bridgehead atoms. The molecular formula is C26H31N3O3. The van der Waals surface area contributed by atoms with Gasteiger partial charge in [-0.1, -0.05) is 25.1 Å². The van der Waals surface area contributed by atoms with Crippen LogP contribution in [-0.4, -0.2) is 35.2 Å². The van der Waals surface area contributed by atoms with Gasteiger partial charge in [-0.2, -0.15) is 0 Å². The van der Waals surface area contributed by atoms with Gasteiger partial charge >= 0.3 is 0 Å². The third-order valence-corrected chi connectivity index (χ3v) is 6.09. The van der Waals surface area contributed by atoms with E-state index in [0.717, 1.165) is 35.4 Å². The van der Waals surface area contributed by atoms with E-state index in [1.807, 2.05) is 48.8 Å². The van der Waals surface area contributed by atoms with E-state index >= 15 is 0 Å². The molecule has 1 saturated carbocycles. The number of amides is 1. The summed E-state index contributed by atoms with van der Waals surface area (Å²) in [6.07, 6.45) is 9.74. The number of hydrogen-bond donors (Lipinski definition) is 1. The topological polar surface area (TPSA) is 65.4 Å². The van der Waals surface area contributed by atoms with Crippen molar-refractivity contribution in [3.63, 3.8) is 0 Å². The first-order valence-electron chi connectivity index (χ1n) is 11.3. The number of rotatable bonds is 8. The largest absolute Gasteiger partial charge is 0.493 e. The zero-order chi connectivity index (χ0) is 22.3. The Hall–Kier alpha value is -3.28. The average molecular weight is 434 g/mol. The van der Waals surface area contributed by atoms with Gasteiger partial charge in [0.2, 0.25) is 5.91 Å². The molecule has 1 fully saturated rings.